The maximum atomic E-state index is 12.0. The zero-order valence-electron chi connectivity index (χ0n) is 8.03. The molecule has 0 saturated heterocycles. The topological polar surface area (TPSA) is 54.4 Å². The van der Waals surface area contributed by atoms with Crippen molar-refractivity contribution >= 4 is 11.8 Å². The predicted molar refractivity (Wildman–Crippen MR) is 48.6 cm³/mol. The number of hydrogen-bond acceptors (Lipinski definition) is 2. The average molecular weight is 194 g/mol. The molecule has 76 valence electrons. The molecule has 0 aromatic heterocycles. The zero-order chi connectivity index (χ0) is 9.92. The molecule has 2 unspecified atom stereocenters. The van der Waals surface area contributed by atoms with Crippen molar-refractivity contribution in [2.75, 3.05) is 0 Å². The van der Waals surface area contributed by atoms with E-state index in [0.717, 1.165) is 12.8 Å². The van der Waals surface area contributed by atoms with Crippen LogP contribution in [0.4, 0.5) is 0 Å². The summed E-state index contributed by atoms with van der Waals surface area (Å²) in [5.74, 6) is 0.291. The fraction of sp³-hybridized carbons (Fsp3) is 0.818. The molecule has 2 atom stereocenters. The number of carboxylic acids is 1. The highest BCUT2D eigenvalue weighted by Gasteiger charge is 2.60. The molecule has 0 radical (unpaired) electrons. The molecule has 0 aliphatic heterocycles. The standard InChI is InChI=1S/C11H14O3/c12-9-8-2-6-1-7(3-8)5-11(9,4-6)10(13)14/h6-8H,1-5H2,(H,13,14). The summed E-state index contributed by atoms with van der Waals surface area (Å²) in [7, 11) is 0. The normalized spacial score (nSPS) is 49.7. The third kappa shape index (κ3) is 0.830. The number of carbonyl (C=O) groups excluding carboxylic acids is 1. The van der Waals surface area contributed by atoms with E-state index in [1.807, 2.05) is 0 Å². The first-order valence-corrected chi connectivity index (χ1v) is 5.39. The van der Waals surface area contributed by atoms with Gasteiger partial charge in [-0.05, 0) is 43.9 Å². The van der Waals surface area contributed by atoms with Gasteiger partial charge in [-0.3, -0.25) is 9.59 Å². The van der Waals surface area contributed by atoms with Crippen LogP contribution in [0, 0.1) is 23.2 Å². The Kier molecular flexibility index (Phi) is 1.44. The maximum Gasteiger partial charge on any atom is 0.317 e. The predicted octanol–water partition coefficient (Wildman–Crippen LogP) is 1.47. The number of aliphatic carboxylic acids is 1. The van der Waals surface area contributed by atoms with Crippen LogP contribution in [0.15, 0.2) is 0 Å². The van der Waals surface area contributed by atoms with Crippen molar-refractivity contribution in [3.05, 3.63) is 0 Å². The Labute approximate surface area is 82.5 Å². The third-order valence-corrected chi connectivity index (χ3v) is 4.43. The lowest BCUT2D eigenvalue weighted by Gasteiger charge is -2.53. The molecule has 4 rings (SSSR count). The van der Waals surface area contributed by atoms with E-state index in [4.69, 9.17) is 0 Å². The first kappa shape index (κ1) is 8.45. The molecule has 0 heterocycles. The molecule has 4 aliphatic carbocycles. The Bertz CT molecular complexity index is 306. The zero-order valence-corrected chi connectivity index (χ0v) is 8.03. The van der Waals surface area contributed by atoms with Crippen LogP contribution in [-0.4, -0.2) is 16.9 Å². The van der Waals surface area contributed by atoms with Crippen LogP contribution in [-0.2, 0) is 9.59 Å². The summed E-state index contributed by atoms with van der Waals surface area (Å²) in [4.78, 5) is 23.2. The molecule has 3 nitrogen and oxygen atoms in total. The number of carboxylic acid groups (broad SMARTS) is 1. The van der Waals surface area contributed by atoms with Crippen LogP contribution < -0.4 is 0 Å². The first-order chi connectivity index (χ1) is 6.62. The molecule has 4 aliphatic rings. The molecular formula is C11H14O3. The second kappa shape index (κ2) is 2.38. The number of ketones is 1. The van der Waals surface area contributed by atoms with Crippen molar-refractivity contribution in [1.29, 1.82) is 0 Å². The van der Waals surface area contributed by atoms with Gasteiger partial charge in [0.05, 0.1) is 0 Å². The van der Waals surface area contributed by atoms with E-state index in [-0.39, 0.29) is 11.7 Å². The highest BCUT2D eigenvalue weighted by Crippen LogP contribution is 2.58. The van der Waals surface area contributed by atoms with E-state index in [9.17, 15) is 14.7 Å². The van der Waals surface area contributed by atoms with E-state index in [1.165, 1.54) is 6.42 Å². The van der Waals surface area contributed by atoms with Gasteiger partial charge in [0.2, 0.25) is 0 Å². The lowest BCUT2D eigenvalue weighted by Crippen LogP contribution is -2.56. The lowest BCUT2D eigenvalue weighted by atomic mass is 9.49. The smallest absolute Gasteiger partial charge is 0.317 e. The van der Waals surface area contributed by atoms with Gasteiger partial charge in [0.15, 0.2) is 5.78 Å². The lowest BCUT2D eigenvalue weighted by molar-refractivity contribution is -0.172. The Morgan fingerprint density at radius 3 is 2.29 bits per heavy atom. The average Bonchev–Trinajstić information content (AvgIpc) is 2.12. The van der Waals surface area contributed by atoms with Crippen LogP contribution in [0.25, 0.3) is 0 Å². The summed E-state index contributed by atoms with van der Waals surface area (Å²) in [5, 5.41) is 9.23. The largest absolute Gasteiger partial charge is 0.480 e. The van der Waals surface area contributed by atoms with Crippen LogP contribution in [0.2, 0.25) is 0 Å². The Balaban J connectivity index is 2.05. The summed E-state index contributed by atoms with van der Waals surface area (Å²) < 4.78 is 0. The summed E-state index contributed by atoms with van der Waals surface area (Å²) >= 11 is 0. The molecule has 0 spiro atoms. The molecule has 4 saturated carbocycles. The Morgan fingerprint density at radius 1 is 1.21 bits per heavy atom. The van der Waals surface area contributed by atoms with E-state index < -0.39 is 11.4 Å². The fourth-order valence-corrected chi connectivity index (χ4v) is 4.05. The fourth-order valence-electron chi connectivity index (χ4n) is 4.05. The SMILES string of the molecule is O=C(O)C12CC3CC(CC(C3)C1=O)C2. The number of carbonyl (C=O) groups is 2. The van der Waals surface area contributed by atoms with Crippen molar-refractivity contribution in [2.24, 2.45) is 23.2 Å². The number of rotatable bonds is 1. The van der Waals surface area contributed by atoms with Crippen LogP contribution in [0.1, 0.15) is 32.1 Å². The molecule has 0 aromatic rings. The third-order valence-electron chi connectivity index (χ3n) is 4.43. The summed E-state index contributed by atoms with van der Waals surface area (Å²) in [6, 6.07) is 0. The number of hydrogen-bond donors (Lipinski definition) is 1. The van der Waals surface area contributed by atoms with Crippen molar-refractivity contribution in [3.63, 3.8) is 0 Å². The Morgan fingerprint density at radius 2 is 1.79 bits per heavy atom. The molecule has 0 aromatic carbocycles. The van der Waals surface area contributed by atoms with E-state index in [1.54, 1.807) is 0 Å². The monoisotopic (exact) mass is 194 g/mol. The minimum Gasteiger partial charge on any atom is -0.480 e. The van der Waals surface area contributed by atoms with Gasteiger partial charge >= 0.3 is 5.97 Å². The van der Waals surface area contributed by atoms with E-state index in [2.05, 4.69) is 0 Å². The Hall–Kier alpha value is -0.860. The molecule has 4 fully saturated rings. The van der Waals surface area contributed by atoms with Crippen molar-refractivity contribution in [1.82, 2.24) is 0 Å². The van der Waals surface area contributed by atoms with Crippen LogP contribution in [0.3, 0.4) is 0 Å². The highest BCUT2D eigenvalue weighted by atomic mass is 16.4. The second-order valence-corrected chi connectivity index (χ2v) is 5.30. The van der Waals surface area contributed by atoms with Gasteiger partial charge in [0, 0.05) is 5.92 Å². The number of Topliss-reactive ketones (excluding diaryl/α,β-unsaturated/α-hetero) is 1. The molecule has 0 amide bonds. The first-order valence-electron chi connectivity index (χ1n) is 5.39. The summed E-state index contributed by atoms with van der Waals surface area (Å²) in [6.07, 6.45) is 4.33. The van der Waals surface area contributed by atoms with Crippen LogP contribution in [0.5, 0.6) is 0 Å². The molecule has 3 heteroatoms. The van der Waals surface area contributed by atoms with Crippen molar-refractivity contribution in [3.8, 4) is 0 Å². The molecular weight excluding hydrogens is 180 g/mol. The maximum absolute atomic E-state index is 12.0. The van der Waals surface area contributed by atoms with E-state index >= 15 is 0 Å². The summed E-state index contributed by atoms with van der Waals surface area (Å²) in [5.41, 5.74) is -0.964. The van der Waals surface area contributed by atoms with Crippen LogP contribution >= 0.6 is 0 Å². The van der Waals surface area contributed by atoms with Gasteiger partial charge in [0.25, 0.3) is 0 Å². The quantitative estimate of drug-likeness (QED) is 0.643. The van der Waals surface area contributed by atoms with Gasteiger partial charge in [-0.15, -0.1) is 0 Å². The highest BCUT2D eigenvalue weighted by molar-refractivity contribution is 6.05. The molecule has 14 heavy (non-hydrogen) atoms. The van der Waals surface area contributed by atoms with E-state index in [0.29, 0.717) is 24.7 Å². The second-order valence-electron chi connectivity index (χ2n) is 5.30. The molecule has 4 bridgehead atoms. The van der Waals surface area contributed by atoms with Gasteiger partial charge in [-0.25, -0.2) is 0 Å². The van der Waals surface area contributed by atoms with Crippen molar-refractivity contribution < 1.29 is 14.7 Å². The van der Waals surface area contributed by atoms with Gasteiger partial charge in [0.1, 0.15) is 5.41 Å². The van der Waals surface area contributed by atoms with Gasteiger partial charge in [-0.1, -0.05) is 0 Å². The van der Waals surface area contributed by atoms with Gasteiger partial charge < -0.3 is 5.11 Å². The minimum absolute atomic E-state index is 0.0391. The van der Waals surface area contributed by atoms with Gasteiger partial charge in [-0.2, -0.15) is 0 Å². The minimum atomic E-state index is -0.964. The summed E-state index contributed by atoms with van der Waals surface area (Å²) in [6.45, 7) is 0. The van der Waals surface area contributed by atoms with Crippen molar-refractivity contribution in [2.45, 2.75) is 32.1 Å². The molecule has 1 N–H and O–H groups in total.